The average Bonchev–Trinajstić information content (AvgIpc) is 2.78. The summed E-state index contributed by atoms with van der Waals surface area (Å²) in [5.41, 5.74) is 0.402. The van der Waals surface area contributed by atoms with Crippen LogP contribution in [-0.4, -0.2) is 48.6 Å². The zero-order valence-corrected chi connectivity index (χ0v) is 18.2. The molecular formula is C25H37F3N2. The summed E-state index contributed by atoms with van der Waals surface area (Å²) in [7, 11) is 0. The van der Waals surface area contributed by atoms with E-state index in [9.17, 15) is 13.2 Å². The molecule has 1 saturated carbocycles. The van der Waals surface area contributed by atoms with Crippen LogP contribution in [0.4, 0.5) is 13.2 Å². The smallest absolute Gasteiger partial charge is 0.303 e. The lowest BCUT2D eigenvalue weighted by atomic mass is 9.76. The summed E-state index contributed by atoms with van der Waals surface area (Å²) in [6.45, 7) is 5.59. The minimum atomic E-state index is -4.26. The molecule has 4 rings (SSSR count). The van der Waals surface area contributed by atoms with Crippen molar-refractivity contribution < 1.29 is 13.2 Å². The average molecular weight is 423 g/mol. The predicted octanol–water partition coefficient (Wildman–Crippen LogP) is 6.32. The summed E-state index contributed by atoms with van der Waals surface area (Å²) in [5, 5.41) is 0. The number of hydrogen-bond donors (Lipinski definition) is 0. The molecule has 0 radical (unpaired) electrons. The highest BCUT2D eigenvalue weighted by atomic mass is 19.4. The van der Waals surface area contributed by atoms with Crippen LogP contribution in [0.25, 0.3) is 0 Å². The molecule has 3 fully saturated rings. The van der Waals surface area contributed by atoms with Crippen molar-refractivity contribution >= 4 is 0 Å². The Bertz CT molecular complexity index is 655. The van der Waals surface area contributed by atoms with Gasteiger partial charge in [0.2, 0.25) is 0 Å². The topological polar surface area (TPSA) is 6.48 Å². The maximum atomic E-state index is 13.3. The third-order valence-corrected chi connectivity index (χ3v) is 7.78. The van der Waals surface area contributed by atoms with Crippen LogP contribution < -0.4 is 0 Å². The van der Waals surface area contributed by atoms with E-state index in [0.29, 0.717) is 12.0 Å². The van der Waals surface area contributed by atoms with Gasteiger partial charge in [-0.2, -0.15) is 13.2 Å². The van der Waals surface area contributed by atoms with Gasteiger partial charge in [0.1, 0.15) is 0 Å². The number of alkyl halides is 3. The van der Waals surface area contributed by atoms with Crippen LogP contribution in [0.3, 0.4) is 0 Å². The van der Waals surface area contributed by atoms with E-state index in [1.807, 2.05) is 6.07 Å². The number of benzene rings is 1. The summed E-state index contributed by atoms with van der Waals surface area (Å²) in [6, 6.07) is 6.90. The Hall–Kier alpha value is -1.07. The van der Waals surface area contributed by atoms with Crippen molar-refractivity contribution in [1.29, 1.82) is 0 Å². The lowest BCUT2D eigenvalue weighted by Gasteiger charge is -2.42. The molecule has 1 unspecified atom stereocenters. The van der Waals surface area contributed by atoms with E-state index in [4.69, 9.17) is 0 Å². The third kappa shape index (κ3) is 5.59. The number of piperidine rings is 2. The van der Waals surface area contributed by atoms with Gasteiger partial charge >= 0.3 is 6.18 Å². The molecule has 1 aromatic rings. The van der Waals surface area contributed by atoms with Gasteiger partial charge in [0, 0.05) is 12.6 Å². The second-order valence-electron chi connectivity index (χ2n) is 9.76. The molecule has 3 aliphatic rings. The van der Waals surface area contributed by atoms with E-state index in [-0.39, 0.29) is 5.92 Å². The van der Waals surface area contributed by atoms with Crippen molar-refractivity contribution in [1.82, 2.24) is 9.80 Å². The molecule has 168 valence electrons. The van der Waals surface area contributed by atoms with E-state index in [2.05, 4.69) is 9.80 Å². The Balaban J connectivity index is 1.43. The molecule has 0 aromatic heterocycles. The maximum Gasteiger partial charge on any atom is 0.416 e. The molecule has 2 heterocycles. The minimum Gasteiger partial charge on any atom is -0.303 e. The molecule has 2 saturated heterocycles. The summed E-state index contributed by atoms with van der Waals surface area (Å²) in [4.78, 5) is 5.23. The highest BCUT2D eigenvalue weighted by Gasteiger charge is 2.34. The Labute approximate surface area is 179 Å². The highest BCUT2D eigenvalue weighted by Crippen LogP contribution is 2.39. The summed E-state index contributed by atoms with van der Waals surface area (Å²) in [6.07, 6.45) is 8.21. The molecule has 30 heavy (non-hydrogen) atoms. The molecule has 5 heteroatoms. The van der Waals surface area contributed by atoms with Crippen molar-refractivity contribution in [2.45, 2.75) is 82.3 Å². The van der Waals surface area contributed by atoms with E-state index in [1.54, 1.807) is 6.07 Å². The molecule has 2 nitrogen and oxygen atoms in total. The number of hydrogen-bond acceptors (Lipinski definition) is 2. The lowest BCUT2D eigenvalue weighted by Crippen LogP contribution is -2.47. The highest BCUT2D eigenvalue weighted by molar-refractivity contribution is 5.29. The van der Waals surface area contributed by atoms with Crippen molar-refractivity contribution in [2.24, 2.45) is 5.92 Å². The van der Waals surface area contributed by atoms with Crippen LogP contribution in [0.2, 0.25) is 0 Å². The van der Waals surface area contributed by atoms with Crippen molar-refractivity contribution in [3.63, 3.8) is 0 Å². The SMILES string of the molecule is FC(F)(F)c1cccc(C(CN2CCC(N3CCCCC3)CC2)C2CCCCC2)c1. The van der Waals surface area contributed by atoms with Gasteiger partial charge in [-0.3, -0.25) is 0 Å². The predicted molar refractivity (Wildman–Crippen MR) is 116 cm³/mol. The minimum absolute atomic E-state index is 0.221. The molecule has 1 aromatic carbocycles. The zero-order chi connectivity index (χ0) is 21.0. The molecular weight excluding hydrogens is 385 g/mol. The number of nitrogens with zero attached hydrogens (tertiary/aromatic N) is 2. The van der Waals surface area contributed by atoms with Crippen molar-refractivity contribution in [3.8, 4) is 0 Å². The molecule has 0 amide bonds. The van der Waals surface area contributed by atoms with Crippen LogP contribution >= 0.6 is 0 Å². The normalized spacial score (nSPS) is 24.8. The van der Waals surface area contributed by atoms with Gasteiger partial charge in [-0.25, -0.2) is 0 Å². The molecule has 1 aliphatic carbocycles. The van der Waals surface area contributed by atoms with Gasteiger partial charge in [-0.05, 0) is 88.2 Å². The Kier molecular flexibility index (Phi) is 7.40. The monoisotopic (exact) mass is 422 g/mol. The summed E-state index contributed by atoms with van der Waals surface area (Å²) < 4.78 is 40.0. The molecule has 0 spiro atoms. The van der Waals surface area contributed by atoms with E-state index in [0.717, 1.165) is 38.0 Å². The van der Waals surface area contributed by atoms with Crippen LogP contribution in [0.5, 0.6) is 0 Å². The largest absolute Gasteiger partial charge is 0.416 e. The third-order valence-electron chi connectivity index (χ3n) is 7.78. The van der Waals surface area contributed by atoms with E-state index >= 15 is 0 Å². The quantitative estimate of drug-likeness (QED) is 0.548. The number of rotatable bonds is 5. The number of likely N-dealkylation sites (tertiary alicyclic amines) is 2. The van der Waals surface area contributed by atoms with Gasteiger partial charge in [-0.15, -0.1) is 0 Å². The van der Waals surface area contributed by atoms with Gasteiger partial charge in [0.05, 0.1) is 5.56 Å². The van der Waals surface area contributed by atoms with E-state index < -0.39 is 11.7 Å². The Morgan fingerprint density at radius 3 is 2.17 bits per heavy atom. The van der Waals surface area contributed by atoms with Gasteiger partial charge in [0.25, 0.3) is 0 Å². The van der Waals surface area contributed by atoms with Gasteiger partial charge in [0.15, 0.2) is 0 Å². The lowest BCUT2D eigenvalue weighted by molar-refractivity contribution is -0.137. The standard InChI is InChI=1S/C25H37F3N2/c26-25(27,28)22-11-7-10-21(18-22)24(20-8-3-1-4-9-20)19-29-16-12-23(13-17-29)30-14-5-2-6-15-30/h7,10-11,18,20,23-24H,1-6,8-9,12-17,19H2. The number of halogens is 3. The first-order valence-electron chi connectivity index (χ1n) is 12.1. The molecule has 2 aliphatic heterocycles. The van der Waals surface area contributed by atoms with Crippen molar-refractivity contribution in [3.05, 3.63) is 35.4 Å². The maximum absolute atomic E-state index is 13.3. The summed E-state index contributed by atoms with van der Waals surface area (Å²) in [5.74, 6) is 0.737. The van der Waals surface area contributed by atoms with E-state index in [1.165, 1.54) is 76.6 Å². The second kappa shape index (κ2) is 10.0. The van der Waals surface area contributed by atoms with Gasteiger partial charge in [-0.1, -0.05) is 43.9 Å². The van der Waals surface area contributed by atoms with Crippen LogP contribution in [0.15, 0.2) is 24.3 Å². The van der Waals surface area contributed by atoms with Crippen LogP contribution in [0.1, 0.15) is 81.3 Å². The fraction of sp³-hybridized carbons (Fsp3) is 0.760. The van der Waals surface area contributed by atoms with Crippen molar-refractivity contribution in [2.75, 3.05) is 32.7 Å². The summed E-state index contributed by atoms with van der Waals surface area (Å²) >= 11 is 0. The molecule has 0 N–H and O–H groups in total. The molecule has 0 bridgehead atoms. The zero-order valence-electron chi connectivity index (χ0n) is 18.2. The van der Waals surface area contributed by atoms with Gasteiger partial charge < -0.3 is 9.80 Å². The Morgan fingerprint density at radius 1 is 0.833 bits per heavy atom. The first kappa shape index (κ1) is 22.1. The Morgan fingerprint density at radius 2 is 1.50 bits per heavy atom. The first-order chi connectivity index (χ1) is 14.5. The fourth-order valence-electron chi connectivity index (χ4n) is 6.04. The van der Waals surface area contributed by atoms with Crippen LogP contribution in [0, 0.1) is 5.92 Å². The molecule has 1 atom stereocenters. The fourth-order valence-corrected chi connectivity index (χ4v) is 6.04. The van der Waals surface area contributed by atoms with Crippen LogP contribution in [-0.2, 0) is 6.18 Å². The second-order valence-corrected chi connectivity index (χ2v) is 9.76. The first-order valence-corrected chi connectivity index (χ1v) is 12.1.